The zero-order valence-corrected chi connectivity index (χ0v) is 14.5. The molecule has 2 N–H and O–H groups in total. The van der Waals surface area contributed by atoms with Gasteiger partial charge in [-0.25, -0.2) is 4.98 Å². The van der Waals surface area contributed by atoms with E-state index in [0.29, 0.717) is 17.3 Å². The normalized spacial score (nSPS) is 10.3. The van der Waals surface area contributed by atoms with Crippen LogP contribution < -0.4 is 10.6 Å². The molecule has 0 bridgehead atoms. The van der Waals surface area contributed by atoms with E-state index in [4.69, 9.17) is 11.6 Å². The van der Waals surface area contributed by atoms with Gasteiger partial charge in [0.25, 0.3) is 11.8 Å². The van der Waals surface area contributed by atoms with Crippen LogP contribution in [0.3, 0.4) is 0 Å². The van der Waals surface area contributed by atoms with E-state index in [1.807, 2.05) is 19.9 Å². The molecular weight excluding hydrogens is 326 g/mol. The molecule has 0 fully saturated rings. The largest absolute Gasteiger partial charge is 0.351 e. The quantitative estimate of drug-likeness (QED) is 0.782. The Balaban J connectivity index is 2.11. The molecule has 0 saturated heterocycles. The molecule has 0 aliphatic heterocycles. The number of carbonyl (C=O) groups is 2. The molecule has 24 heavy (non-hydrogen) atoms. The molecule has 2 amide bonds. The van der Waals surface area contributed by atoms with E-state index in [1.54, 1.807) is 30.3 Å². The number of nitrogens with zero attached hydrogens (tertiary/aromatic N) is 1. The molecule has 1 aromatic heterocycles. The Hall–Kier alpha value is -2.40. The molecule has 5 nitrogen and oxygen atoms in total. The Morgan fingerprint density at radius 1 is 1.12 bits per heavy atom. The van der Waals surface area contributed by atoms with Crippen molar-refractivity contribution in [3.63, 3.8) is 0 Å². The van der Waals surface area contributed by atoms with Crippen molar-refractivity contribution in [3.05, 3.63) is 58.4 Å². The van der Waals surface area contributed by atoms with Crippen LogP contribution in [0.15, 0.2) is 36.4 Å². The number of amides is 2. The number of aryl methyl sites for hydroxylation is 1. The molecule has 0 radical (unpaired) electrons. The van der Waals surface area contributed by atoms with Gasteiger partial charge in [-0.3, -0.25) is 9.59 Å². The summed E-state index contributed by atoms with van der Waals surface area (Å²) in [5.74, 6) is -0.666. The highest BCUT2D eigenvalue weighted by molar-refractivity contribution is 6.31. The minimum Gasteiger partial charge on any atom is -0.351 e. The number of benzene rings is 1. The van der Waals surface area contributed by atoms with Gasteiger partial charge >= 0.3 is 0 Å². The van der Waals surface area contributed by atoms with Gasteiger partial charge in [-0.15, -0.1) is 0 Å². The molecule has 0 aliphatic carbocycles. The van der Waals surface area contributed by atoms with Crippen molar-refractivity contribution >= 4 is 29.1 Å². The molecule has 126 valence electrons. The van der Waals surface area contributed by atoms with Crippen LogP contribution in [0.5, 0.6) is 0 Å². The minimum atomic E-state index is -0.386. The monoisotopic (exact) mass is 345 g/mol. The summed E-state index contributed by atoms with van der Waals surface area (Å²) in [4.78, 5) is 28.5. The van der Waals surface area contributed by atoms with Crippen molar-refractivity contribution in [3.8, 4) is 0 Å². The lowest BCUT2D eigenvalue weighted by atomic mass is 10.2. The molecule has 0 saturated carbocycles. The summed E-state index contributed by atoms with van der Waals surface area (Å²) >= 11 is 5.95. The minimum absolute atomic E-state index is 0.178. The second-order valence-corrected chi connectivity index (χ2v) is 5.87. The van der Waals surface area contributed by atoms with Crippen LogP contribution in [0.4, 0.5) is 5.69 Å². The molecule has 0 aliphatic rings. The molecule has 6 heteroatoms. The van der Waals surface area contributed by atoms with E-state index in [0.717, 1.165) is 18.4 Å². The third-order valence-electron chi connectivity index (χ3n) is 3.48. The van der Waals surface area contributed by atoms with E-state index < -0.39 is 0 Å². The predicted molar refractivity (Wildman–Crippen MR) is 95.6 cm³/mol. The Bertz CT molecular complexity index is 747. The van der Waals surface area contributed by atoms with Crippen LogP contribution in [0.25, 0.3) is 0 Å². The number of pyridine rings is 1. The zero-order chi connectivity index (χ0) is 17.5. The van der Waals surface area contributed by atoms with Crippen molar-refractivity contribution in [2.24, 2.45) is 0 Å². The summed E-state index contributed by atoms with van der Waals surface area (Å²) in [6.45, 7) is 4.51. The Labute approximate surface area is 146 Å². The average Bonchev–Trinajstić information content (AvgIpc) is 2.58. The standard InChI is InChI=1S/C18H20ClN3O2/c1-3-4-10-20-17(23)14-6-5-7-15(21-14)18(24)22-16-11-13(19)9-8-12(16)2/h5-9,11H,3-4,10H2,1-2H3,(H,20,23)(H,22,24). The Kier molecular flexibility index (Phi) is 6.32. The second kappa shape index (κ2) is 8.45. The maximum absolute atomic E-state index is 12.4. The SMILES string of the molecule is CCCCNC(=O)c1cccc(C(=O)Nc2cc(Cl)ccc2C)n1. The summed E-state index contributed by atoms with van der Waals surface area (Å²) in [5, 5.41) is 6.08. The van der Waals surface area contributed by atoms with E-state index >= 15 is 0 Å². The van der Waals surface area contributed by atoms with Gasteiger partial charge in [-0.05, 0) is 43.2 Å². The highest BCUT2D eigenvalue weighted by Gasteiger charge is 2.13. The maximum Gasteiger partial charge on any atom is 0.274 e. The number of hydrogen-bond donors (Lipinski definition) is 2. The van der Waals surface area contributed by atoms with Crippen LogP contribution in [0.1, 0.15) is 46.3 Å². The molecule has 1 heterocycles. The summed E-state index contributed by atoms with van der Waals surface area (Å²) in [6, 6.07) is 10.0. The van der Waals surface area contributed by atoms with Crippen LogP contribution in [-0.2, 0) is 0 Å². The van der Waals surface area contributed by atoms with Gasteiger partial charge < -0.3 is 10.6 Å². The maximum atomic E-state index is 12.4. The van der Waals surface area contributed by atoms with Crippen LogP contribution in [0, 0.1) is 6.92 Å². The number of carbonyl (C=O) groups excluding carboxylic acids is 2. The van der Waals surface area contributed by atoms with E-state index in [9.17, 15) is 9.59 Å². The summed E-state index contributed by atoms with van der Waals surface area (Å²) in [5.41, 5.74) is 1.91. The van der Waals surface area contributed by atoms with Crippen LogP contribution in [0.2, 0.25) is 5.02 Å². The first-order valence-electron chi connectivity index (χ1n) is 7.84. The Morgan fingerprint density at radius 2 is 1.83 bits per heavy atom. The number of nitrogens with one attached hydrogen (secondary N) is 2. The molecule has 0 spiro atoms. The lowest BCUT2D eigenvalue weighted by Gasteiger charge is -2.09. The highest BCUT2D eigenvalue weighted by atomic mass is 35.5. The van der Waals surface area contributed by atoms with E-state index in [-0.39, 0.29) is 23.2 Å². The molecule has 1 aromatic carbocycles. The van der Waals surface area contributed by atoms with Crippen molar-refractivity contribution in [1.82, 2.24) is 10.3 Å². The topological polar surface area (TPSA) is 71.1 Å². The lowest BCUT2D eigenvalue weighted by molar-refractivity contribution is 0.0948. The fourth-order valence-corrected chi connectivity index (χ4v) is 2.24. The van der Waals surface area contributed by atoms with Gasteiger partial charge in [0, 0.05) is 17.3 Å². The lowest BCUT2D eigenvalue weighted by Crippen LogP contribution is -2.26. The van der Waals surface area contributed by atoms with E-state index in [1.165, 1.54) is 0 Å². The Morgan fingerprint density at radius 3 is 2.54 bits per heavy atom. The van der Waals surface area contributed by atoms with Gasteiger partial charge in [0.05, 0.1) is 0 Å². The number of anilines is 1. The first-order chi connectivity index (χ1) is 11.5. The van der Waals surface area contributed by atoms with Gasteiger partial charge in [0.2, 0.25) is 0 Å². The molecule has 2 aromatic rings. The second-order valence-electron chi connectivity index (χ2n) is 5.43. The third-order valence-corrected chi connectivity index (χ3v) is 3.71. The van der Waals surface area contributed by atoms with Crippen LogP contribution >= 0.6 is 11.6 Å². The van der Waals surface area contributed by atoms with Crippen molar-refractivity contribution in [1.29, 1.82) is 0 Å². The van der Waals surface area contributed by atoms with Crippen molar-refractivity contribution in [2.75, 3.05) is 11.9 Å². The molecule has 0 unspecified atom stereocenters. The van der Waals surface area contributed by atoms with Gasteiger partial charge in [-0.1, -0.05) is 37.1 Å². The van der Waals surface area contributed by atoms with Gasteiger partial charge in [0.1, 0.15) is 11.4 Å². The average molecular weight is 346 g/mol. The van der Waals surface area contributed by atoms with Crippen molar-refractivity contribution in [2.45, 2.75) is 26.7 Å². The van der Waals surface area contributed by atoms with Gasteiger partial charge in [0.15, 0.2) is 0 Å². The fraction of sp³-hybridized carbons (Fsp3) is 0.278. The first kappa shape index (κ1) is 17.9. The van der Waals surface area contributed by atoms with Crippen molar-refractivity contribution < 1.29 is 9.59 Å². The molecule has 2 rings (SSSR count). The zero-order valence-electron chi connectivity index (χ0n) is 13.7. The first-order valence-corrected chi connectivity index (χ1v) is 8.22. The molecule has 0 atom stereocenters. The van der Waals surface area contributed by atoms with E-state index in [2.05, 4.69) is 15.6 Å². The van der Waals surface area contributed by atoms with Crippen LogP contribution in [-0.4, -0.2) is 23.3 Å². The number of unbranched alkanes of at least 4 members (excludes halogenated alkanes) is 1. The third kappa shape index (κ3) is 4.80. The number of rotatable bonds is 6. The summed E-state index contributed by atoms with van der Waals surface area (Å²) < 4.78 is 0. The number of hydrogen-bond acceptors (Lipinski definition) is 3. The smallest absolute Gasteiger partial charge is 0.274 e. The summed E-state index contributed by atoms with van der Waals surface area (Å²) in [7, 11) is 0. The number of aromatic nitrogens is 1. The number of halogens is 1. The fourth-order valence-electron chi connectivity index (χ4n) is 2.07. The van der Waals surface area contributed by atoms with Gasteiger partial charge in [-0.2, -0.15) is 0 Å². The summed E-state index contributed by atoms with van der Waals surface area (Å²) in [6.07, 6.45) is 1.90. The molecular formula is C18H20ClN3O2. The predicted octanol–water partition coefficient (Wildman–Crippen LogP) is 3.83. The highest BCUT2D eigenvalue weighted by Crippen LogP contribution is 2.20.